The Hall–Kier alpha value is -0.0700. The predicted molar refractivity (Wildman–Crippen MR) is 34.4 cm³/mol. The summed E-state index contributed by atoms with van der Waals surface area (Å²) in [5.74, 6) is 0.608. The maximum absolute atomic E-state index is 10.1. The van der Waals surface area contributed by atoms with Crippen LogP contribution in [0.25, 0.3) is 0 Å². The van der Waals surface area contributed by atoms with Gasteiger partial charge >= 0.3 is 10.1 Å². The molecule has 0 unspecified atom stereocenters. The second-order valence-electron chi connectivity index (χ2n) is 1.45. The van der Waals surface area contributed by atoms with E-state index in [0.717, 1.165) is 11.8 Å². The average molecular weight is 166 g/mol. The smallest absolute Gasteiger partial charge is 0.264 e. The van der Waals surface area contributed by atoms with Crippen molar-refractivity contribution in [3.63, 3.8) is 0 Å². The van der Waals surface area contributed by atoms with Crippen LogP contribution < -0.4 is 0 Å². The lowest BCUT2D eigenvalue weighted by Gasteiger charge is -1.86. The van der Waals surface area contributed by atoms with E-state index in [2.05, 4.69) is 4.99 Å². The first-order valence-corrected chi connectivity index (χ1v) is 4.63. The van der Waals surface area contributed by atoms with Gasteiger partial charge in [0.2, 0.25) is 4.38 Å². The molecule has 1 rings (SSSR count). The zero-order valence-corrected chi connectivity index (χ0v) is 6.04. The molecule has 1 aliphatic heterocycles. The number of nitrogens with zero attached hydrogens (tertiary/aromatic N) is 1. The highest BCUT2D eigenvalue weighted by atomic mass is 32.3. The third-order valence-corrected chi connectivity index (χ3v) is 3.06. The zero-order chi connectivity index (χ0) is 6.91. The van der Waals surface area contributed by atoms with E-state index in [1.54, 1.807) is 0 Å². The van der Waals surface area contributed by atoms with E-state index < -0.39 is 10.1 Å². The van der Waals surface area contributed by atoms with E-state index >= 15 is 0 Å². The molecule has 0 aromatic heterocycles. The van der Waals surface area contributed by atoms with Crippen LogP contribution in [-0.4, -0.2) is 25.1 Å². The van der Waals surface area contributed by atoms with E-state index in [0.29, 0.717) is 12.3 Å². The SMILES string of the molecule is [O]S(=O)(=O)C1=NCCS1. The van der Waals surface area contributed by atoms with Crippen LogP contribution in [0.1, 0.15) is 0 Å². The van der Waals surface area contributed by atoms with Gasteiger partial charge in [-0.15, -0.1) is 0 Å². The molecule has 1 heterocycles. The van der Waals surface area contributed by atoms with E-state index in [1.165, 1.54) is 0 Å². The van der Waals surface area contributed by atoms with Crippen LogP contribution in [0.4, 0.5) is 0 Å². The van der Waals surface area contributed by atoms with Crippen molar-refractivity contribution in [2.45, 2.75) is 0 Å². The average Bonchev–Trinajstić information content (AvgIpc) is 2.08. The molecule has 0 saturated heterocycles. The minimum atomic E-state index is -4.24. The molecule has 0 aliphatic carbocycles. The lowest BCUT2D eigenvalue weighted by Crippen LogP contribution is -2.04. The fraction of sp³-hybridized carbons (Fsp3) is 0.667. The third kappa shape index (κ3) is 1.67. The van der Waals surface area contributed by atoms with Crippen LogP contribution in [0.3, 0.4) is 0 Å². The first-order valence-electron chi connectivity index (χ1n) is 2.24. The van der Waals surface area contributed by atoms with Crippen LogP contribution >= 0.6 is 11.8 Å². The summed E-state index contributed by atoms with van der Waals surface area (Å²) in [6.07, 6.45) is 0. The molecule has 51 valence electrons. The van der Waals surface area contributed by atoms with Gasteiger partial charge in [0, 0.05) is 5.75 Å². The Kier molecular flexibility index (Phi) is 1.78. The monoisotopic (exact) mass is 166 g/mol. The minimum Gasteiger partial charge on any atom is -0.264 e. The van der Waals surface area contributed by atoms with Crippen molar-refractivity contribution in [2.75, 3.05) is 12.3 Å². The highest BCUT2D eigenvalue weighted by molar-refractivity contribution is 8.33. The summed E-state index contributed by atoms with van der Waals surface area (Å²) in [5, 5.41) is 0. The molecule has 6 heteroatoms. The maximum Gasteiger partial charge on any atom is 0.347 e. The van der Waals surface area contributed by atoms with Crippen molar-refractivity contribution in [3.8, 4) is 0 Å². The first-order chi connectivity index (χ1) is 4.11. The van der Waals surface area contributed by atoms with Gasteiger partial charge in [-0.05, 0) is 0 Å². The Morgan fingerprint density at radius 1 is 1.56 bits per heavy atom. The Balaban J connectivity index is 2.87. The molecule has 0 amide bonds. The molecular formula is C3H4NO3S2. The summed E-state index contributed by atoms with van der Waals surface area (Å²) in [4.78, 5) is 3.49. The summed E-state index contributed by atoms with van der Waals surface area (Å²) in [5.41, 5.74) is 0. The Labute approximate surface area is 57.1 Å². The highest BCUT2D eigenvalue weighted by Gasteiger charge is 2.21. The molecule has 0 aromatic carbocycles. The first kappa shape index (κ1) is 7.04. The molecule has 0 spiro atoms. The Bertz CT molecular complexity index is 229. The van der Waals surface area contributed by atoms with Gasteiger partial charge in [-0.1, -0.05) is 16.3 Å². The molecule has 0 bridgehead atoms. The fourth-order valence-corrected chi connectivity index (χ4v) is 2.08. The summed E-state index contributed by atoms with van der Waals surface area (Å²) in [7, 11) is -4.24. The van der Waals surface area contributed by atoms with Crippen LogP contribution in [0.15, 0.2) is 4.99 Å². The molecule has 0 aromatic rings. The van der Waals surface area contributed by atoms with E-state index in [1.807, 2.05) is 0 Å². The molecule has 9 heavy (non-hydrogen) atoms. The molecule has 0 atom stereocenters. The molecule has 0 N–H and O–H groups in total. The lowest BCUT2D eigenvalue weighted by molar-refractivity contribution is 0.428. The van der Waals surface area contributed by atoms with Crippen LogP contribution in [0, 0.1) is 0 Å². The summed E-state index contributed by atoms with van der Waals surface area (Å²) in [6, 6.07) is 0. The van der Waals surface area contributed by atoms with Gasteiger partial charge in [-0.2, -0.15) is 8.42 Å². The second kappa shape index (κ2) is 2.28. The van der Waals surface area contributed by atoms with Gasteiger partial charge in [-0.25, -0.2) is 0 Å². The predicted octanol–water partition coefficient (Wildman–Crippen LogP) is -0.150. The molecule has 0 fully saturated rings. The number of hydrogen-bond acceptors (Lipinski definition) is 4. The number of aliphatic imine (C=N–C) groups is 1. The van der Waals surface area contributed by atoms with E-state index in [-0.39, 0.29) is 4.38 Å². The van der Waals surface area contributed by atoms with Gasteiger partial charge in [0.05, 0.1) is 6.54 Å². The van der Waals surface area contributed by atoms with E-state index in [9.17, 15) is 13.0 Å². The van der Waals surface area contributed by atoms with E-state index in [4.69, 9.17) is 0 Å². The Morgan fingerprint density at radius 2 is 2.22 bits per heavy atom. The molecule has 1 radical (unpaired) electrons. The van der Waals surface area contributed by atoms with Crippen molar-refractivity contribution < 1.29 is 13.0 Å². The minimum absolute atomic E-state index is 0.262. The van der Waals surface area contributed by atoms with Crippen LogP contribution in [0.5, 0.6) is 0 Å². The molecular weight excluding hydrogens is 162 g/mol. The summed E-state index contributed by atoms with van der Waals surface area (Å²) < 4.78 is 30.1. The summed E-state index contributed by atoms with van der Waals surface area (Å²) in [6.45, 7) is 0.446. The molecule has 0 saturated carbocycles. The number of thioether (sulfide) groups is 1. The van der Waals surface area contributed by atoms with Crippen molar-refractivity contribution in [1.29, 1.82) is 0 Å². The lowest BCUT2D eigenvalue weighted by atomic mass is 10.8. The fourth-order valence-electron chi connectivity index (χ4n) is 0.467. The van der Waals surface area contributed by atoms with Gasteiger partial charge in [0.15, 0.2) is 0 Å². The maximum atomic E-state index is 10.1. The topological polar surface area (TPSA) is 66.4 Å². The van der Waals surface area contributed by atoms with Crippen molar-refractivity contribution in [3.05, 3.63) is 0 Å². The molecule has 4 nitrogen and oxygen atoms in total. The van der Waals surface area contributed by atoms with Gasteiger partial charge in [-0.3, -0.25) is 4.99 Å². The Morgan fingerprint density at radius 3 is 2.44 bits per heavy atom. The standard InChI is InChI=1S/C3H4NO3S2/c5-9(6,7)3-4-1-2-8-3/h1-2H2. The van der Waals surface area contributed by atoms with Gasteiger partial charge in [0.1, 0.15) is 0 Å². The van der Waals surface area contributed by atoms with Gasteiger partial charge in [0.25, 0.3) is 0 Å². The van der Waals surface area contributed by atoms with Crippen molar-refractivity contribution >= 4 is 26.3 Å². The van der Waals surface area contributed by atoms with Crippen molar-refractivity contribution in [2.24, 2.45) is 4.99 Å². The molecule has 1 aliphatic rings. The van der Waals surface area contributed by atoms with Crippen LogP contribution in [-0.2, 0) is 14.7 Å². The summed E-state index contributed by atoms with van der Waals surface area (Å²) >= 11 is 0.999. The highest BCUT2D eigenvalue weighted by Crippen LogP contribution is 2.15. The number of hydrogen-bond donors (Lipinski definition) is 0. The van der Waals surface area contributed by atoms with Gasteiger partial charge < -0.3 is 0 Å². The second-order valence-corrected chi connectivity index (χ2v) is 4.09. The zero-order valence-electron chi connectivity index (χ0n) is 4.40. The van der Waals surface area contributed by atoms with Crippen LogP contribution in [0.2, 0.25) is 0 Å². The van der Waals surface area contributed by atoms with Crippen molar-refractivity contribution in [1.82, 2.24) is 0 Å². The normalized spacial score (nSPS) is 19.9. The third-order valence-electron chi connectivity index (χ3n) is 0.772. The number of rotatable bonds is 0. The quantitative estimate of drug-likeness (QED) is 0.502. The largest absolute Gasteiger partial charge is 0.347 e.